The molecule has 2 aromatic carbocycles. The summed E-state index contributed by atoms with van der Waals surface area (Å²) in [4.78, 5) is 6.11. The number of thiazole rings is 1. The number of aromatic nitrogens is 1. The standard InChI is InChI=1S/C26H33N3O3S/c1-18-23(28-25(33-18)26(2,3)4)19-8-12-21(13-9-19)31-16-6-5-7-17-32-22-14-10-20(11-15-22)24(27)29-30/h8-15,30H,5-7,16-17H2,1-4H3,(H2,27,29). The lowest BCUT2D eigenvalue weighted by molar-refractivity contribution is 0.279. The third-order valence-corrected chi connectivity index (χ3v) is 6.55. The maximum Gasteiger partial charge on any atom is 0.170 e. The van der Waals surface area contributed by atoms with Gasteiger partial charge < -0.3 is 20.4 Å². The van der Waals surface area contributed by atoms with Gasteiger partial charge in [0.1, 0.15) is 11.5 Å². The summed E-state index contributed by atoms with van der Waals surface area (Å²) < 4.78 is 11.6. The number of nitrogens with two attached hydrogens (primary N) is 1. The SMILES string of the molecule is Cc1sc(C(C)(C)C)nc1-c1ccc(OCCCCCOc2ccc(/C(N)=N/O)cc2)cc1. The molecule has 6 nitrogen and oxygen atoms in total. The summed E-state index contributed by atoms with van der Waals surface area (Å²) in [6.45, 7) is 10.0. The number of aryl methyl sites for hydroxylation is 1. The van der Waals surface area contributed by atoms with Gasteiger partial charge in [-0.25, -0.2) is 4.98 Å². The lowest BCUT2D eigenvalue weighted by atomic mass is 9.98. The zero-order valence-electron chi connectivity index (χ0n) is 19.8. The Labute approximate surface area is 200 Å². The van der Waals surface area contributed by atoms with Gasteiger partial charge in [0.2, 0.25) is 0 Å². The number of oxime groups is 1. The highest BCUT2D eigenvalue weighted by Crippen LogP contribution is 2.34. The average Bonchev–Trinajstić information content (AvgIpc) is 3.21. The van der Waals surface area contributed by atoms with Gasteiger partial charge in [-0.1, -0.05) is 25.9 Å². The molecule has 3 N–H and O–H groups in total. The molecule has 0 atom stereocenters. The van der Waals surface area contributed by atoms with Crippen molar-refractivity contribution in [2.24, 2.45) is 10.9 Å². The number of benzene rings is 2. The van der Waals surface area contributed by atoms with E-state index in [9.17, 15) is 0 Å². The molecular formula is C26H33N3O3S. The fraction of sp³-hybridized carbons (Fsp3) is 0.385. The van der Waals surface area contributed by atoms with Gasteiger partial charge in [0.05, 0.1) is 23.9 Å². The van der Waals surface area contributed by atoms with Gasteiger partial charge >= 0.3 is 0 Å². The number of nitrogens with zero attached hydrogens (tertiary/aromatic N) is 2. The number of ether oxygens (including phenoxy) is 2. The quantitative estimate of drug-likeness (QED) is 0.123. The summed E-state index contributed by atoms with van der Waals surface area (Å²) in [6, 6.07) is 15.4. The van der Waals surface area contributed by atoms with Crippen LogP contribution in [0.15, 0.2) is 53.7 Å². The number of unbranched alkanes of at least 4 members (excludes halogenated alkanes) is 2. The Morgan fingerprint density at radius 3 is 1.97 bits per heavy atom. The fourth-order valence-corrected chi connectivity index (χ4v) is 4.23. The van der Waals surface area contributed by atoms with E-state index >= 15 is 0 Å². The van der Waals surface area contributed by atoms with Crippen LogP contribution in [0, 0.1) is 6.92 Å². The van der Waals surface area contributed by atoms with Crippen molar-refractivity contribution in [2.45, 2.75) is 52.4 Å². The van der Waals surface area contributed by atoms with Gasteiger partial charge in [0.25, 0.3) is 0 Å². The van der Waals surface area contributed by atoms with Crippen LogP contribution in [0.2, 0.25) is 0 Å². The Bertz CT molecular complexity index is 1050. The molecule has 33 heavy (non-hydrogen) atoms. The van der Waals surface area contributed by atoms with Crippen molar-refractivity contribution in [2.75, 3.05) is 13.2 Å². The molecule has 0 fully saturated rings. The molecule has 7 heteroatoms. The van der Waals surface area contributed by atoms with Gasteiger partial charge in [-0.3, -0.25) is 0 Å². The number of rotatable bonds is 10. The van der Waals surface area contributed by atoms with E-state index < -0.39 is 0 Å². The second-order valence-corrected chi connectivity index (χ2v) is 10.2. The second-order valence-electron chi connectivity index (χ2n) is 8.97. The molecule has 0 aliphatic heterocycles. The molecule has 0 aliphatic rings. The summed E-state index contributed by atoms with van der Waals surface area (Å²) in [7, 11) is 0. The van der Waals surface area contributed by atoms with E-state index in [1.807, 2.05) is 24.3 Å². The summed E-state index contributed by atoms with van der Waals surface area (Å²) in [5, 5.41) is 12.8. The van der Waals surface area contributed by atoms with Gasteiger partial charge in [-0.05, 0) is 74.7 Å². The van der Waals surface area contributed by atoms with Gasteiger partial charge in [-0.15, -0.1) is 11.3 Å². The van der Waals surface area contributed by atoms with Crippen molar-refractivity contribution in [3.05, 3.63) is 64.0 Å². The Kier molecular flexibility index (Phi) is 8.33. The molecule has 0 aliphatic carbocycles. The maximum absolute atomic E-state index is 8.69. The molecule has 3 rings (SSSR count). The lowest BCUT2D eigenvalue weighted by Gasteiger charge is -2.13. The van der Waals surface area contributed by atoms with E-state index in [0.717, 1.165) is 47.0 Å². The first-order valence-electron chi connectivity index (χ1n) is 11.2. The van der Waals surface area contributed by atoms with Crippen LogP contribution < -0.4 is 15.2 Å². The van der Waals surface area contributed by atoms with E-state index in [1.165, 1.54) is 4.88 Å². The number of amidine groups is 1. The average molecular weight is 468 g/mol. The van der Waals surface area contributed by atoms with Crippen LogP contribution in [-0.2, 0) is 5.41 Å². The first-order valence-corrected chi connectivity index (χ1v) is 12.0. The maximum atomic E-state index is 8.69. The number of hydrogen-bond donors (Lipinski definition) is 2. The van der Waals surface area contributed by atoms with Gasteiger partial charge in [0.15, 0.2) is 5.84 Å². The van der Waals surface area contributed by atoms with E-state index in [4.69, 9.17) is 25.4 Å². The predicted octanol–water partition coefficient (Wildman–Crippen LogP) is 6.14. The highest BCUT2D eigenvalue weighted by Gasteiger charge is 2.20. The van der Waals surface area contributed by atoms with Crippen molar-refractivity contribution in [3.63, 3.8) is 0 Å². The van der Waals surface area contributed by atoms with Crippen LogP contribution >= 0.6 is 11.3 Å². The molecule has 0 saturated heterocycles. The van der Waals surface area contributed by atoms with Crippen LogP contribution in [0.5, 0.6) is 11.5 Å². The minimum atomic E-state index is 0.0660. The van der Waals surface area contributed by atoms with E-state index in [2.05, 4.69) is 45.0 Å². The Morgan fingerprint density at radius 2 is 1.48 bits per heavy atom. The normalized spacial score (nSPS) is 12.1. The molecule has 0 spiro atoms. The minimum absolute atomic E-state index is 0.0660. The summed E-state index contributed by atoms with van der Waals surface area (Å²) in [6.07, 6.45) is 2.94. The molecule has 0 bridgehead atoms. The van der Waals surface area contributed by atoms with Crippen LogP contribution in [0.25, 0.3) is 11.3 Å². The summed E-state index contributed by atoms with van der Waals surface area (Å²) in [5.74, 6) is 1.74. The van der Waals surface area contributed by atoms with Crippen molar-refractivity contribution in [1.29, 1.82) is 0 Å². The second kappa shape index (κ2) is 11.2. The molecular weight excluding hydrogens is 434 g/mol. The fourth-order valence-electron chi connectivity index (χ4n) is 3.23. The highest BCUT2D eigenvalue weighted by molar-refractivity contribution is 7.12. The Hall–Kier alpha value is -3.06. The van der Waals surface area contributed by atoms with E-state index in [0.29, 0.717) is 18.8 Å². The van der Waals surface area contributed by atoms with Crippen molar-refractivity contribution >= 4 is 17.2 Å². The molecule has 3 aromatic rings. The highest BCUT2D eigenvalue weighted by atomic mass is 32.1. The van der Waals surface area contributed by atoms with Crippen molar-refractivity contribution in [1.82, 2.24) is 4.98 Å². The molecule has 0 amide bonds. The van der Waals surface area contributed by atoms with Crippen molar-refractivity contribution in [3.8, 4) is 22.8 Å². The van der Waals surface area contributed by atoms with Gasteiger partial charge in [0, 0.05) is 21.4 Å². The molecule has 0 unspecified atom stereocenters. The smallest absolute Gasteiger partial charge is 0.170 e. The lowest BCUT2D eigenvalue weighted by Crippen LogP contribution is -2.12. The van der Waals surface area contributed by atoms with Crippen molar-refractivity contribution < 1.29 is 14.7 Å². The molecule has 176 valence electrons. The zero-order valence-corrected chi connectivity index (χ0v) is 20.6. The first kappa shape index (κ1) is 24.6. The molecule has 0 saturated carbocycles. The van der Waals surface area contributed by atoms with Crippen LogP contribution in [0.3, 0.4) is 0 Å². The molecule has 1 aromatic heterocycles. The molecule has 1 heterocycles. The van der Waals surface area contributed by atoms with E-state index in [1.54, 1.807) is 23.5 Å². The first-order chi connectivity index (χ1) is 15.8. The predicted molar refractivity (Wildman–Crippen MR) is 135 cm³/mol. The molecule has 0 radical (unpaired) electrons. The minimum Gasteiger partial charge on any atom is -0.494 e. The summed E-state index contributed by atoms with van der Waals surface area (Å²) in [5.41, 5.74) is 8.47. The van der Waals surface area contributed by atoms with Crippen LogP contribution in [0.1, 0.15) is 55.5 Å². The summed E-state index contributed by atoms with van der Waals surface area (Å²) >= 11 is 1.77. The topological polar surface area (TPSA) is 90.0 Å². The number of hydrogen-bond acceptors (Lipinski definition) is 6. The zero-order chi connectivity index (χ0) is 23.8. The van der Waals surface area contributed by atoms with Crippen LogP contribution in [0.4, 0.5) is 0 Å². The van der Waals surface area contributed by atoms with Crippen LogP contribution in [-0.4, -0.2) is 29.2 Å². The Morgan fingerprint density at radius 1 is 0.939 bits per heavy atom. The van der Waals surface area contributed by atoms with E-state index in [-0.39, 0.29) is 11.3 Å². The largest absolute Gasteiger partial charge is 0.494 e. The third-order valence-electron chi connectivity index (χ3n) is 5.15. The monoisotopic (exact) mass is 467 g/mol. The Balaban J connectivity index is 1.36. The van der Waals surface area contributed by atoms with Gasteiger partial charge in [-0.2, -0.15) is 0 Å². The third kappa shape index (κ3) is 6.96.